The first-order valence-electron chi connectivity index (χ1n) is 10.8. The number of halogens is 1. The number of ether oxygens (including phenoxy) is 1. The first-order chi connectivity index (χ1) is 15.6. The number of hydrogen-bond donors (Lipinski definition) is 0. The lowest BCUT2D eigenvalue weighted by Gasteiger charge is -2.31. The van der Waals surface area contributed by atoms with Crippen LogP contribution in [0, 0.1) is 11.7 Å². The molecule has 5 rings (SSSR count). The van der Waals surface area contributed by atoms with Gasteiger partial charge in [-0.1, -0.05) is 19.1 Å². The number of hydrogen-bond acceptors (Lipinski definition) is 6. The molecule has 1 aromatic heterocycles. The SMILES string of the molecule is CCc1cnc(N2CCC(COc3ccc(-c4ccc5c(c4)OS5=O)cc3F)CC2)nc1. The maximum atomic E-state index is 14.7. The summed E-state index contributed by atoms with van der Waals surface area (Å²) >= 11 is -1.36. The molecular formula is C24H24FN3O3S. The van der Waals surface area contributed by atoms with Crippen LogP contribution in [0.2, 0.25) is 0 Å². The van der Waals surface area contributed by atoms with Crippen LogP contribution in [0.1, 0.15) is 25.3 Å². The van der Waals surface area contributed by atoms with Crippen molar-refractivity contribution in [3.8, 4) is 22.6 Å². The lowest BCUT2D eigenvalue weighted by atomic mass is 9.98. The van der Waals surface area contributed by atoms with Crippen LogP contribution in [-0.2, 0) is 17.5 Å². The van der Waals surface area contributed by atoms with Gasteiger partial charge in [-0.25, -0.2) is 18.6 Å². The second-order valence-electron chi connectivity index (χ2n) is 8.11. The van der Waals surface area contributed by atoms with Gasteiger partial charge in [0.25, 0.3) is 0 Å². The van der Waals surface area contributed by atoms with Crippen molar-refractivity contribution in [2.24, 2.45) is 5.92 Å². The minimum absolute atomic E-state index is 0.260. The van der Waals surface area contributed by atoms with Gasteiger partial charge in [-0.2, -0.15) is 0 Å². The molecule has 2 aromatic carbocycles. The third-order valence-electron chi connectivity index (χ3n) is 6.03. The Morgan fingerprint density at radius 1 is 1.12 bits per heavy atom. The summed E-state index contributed by atoms with van der Waals surface area (Å²) in [4.78, 5) is 11.8. The molecule has 1 atom stereocenters. The van der Waals surface area contributed by atoms with E-state index in [9.17, 15) is 8.60 Å². The molecule has 32 heavy (non-hydrogen) atoms. The van der Waals surface area contributed by atoms with E-state index in [2.05, 4.69) is 21.8 Å². The molecule has 1 unspecified atom stereocenters. The molecule has 166 valence electrons. The number of piperidine rings is 1. The van der Waals surface area contributed by atoms with E-state index in [1.807, 2.05) is 24.5 Å². The summed E-state index contributed by atoms with van der Waals surface area (Å²) in [5.74, 6) is 1.59. The molecule has 0 aliphatic carbocycles. The number of fused-ring (bicyclic) bond motifs is 1. The average molecular weight is 454 g/mol. The molecule has 1 saturated heterocycles. The summed E-state index contributed by atoms with van der Waals surface area (Å²) in [6, 6.07) is 10.3. The Kier molecular flexibility index (Phi) is 5.78. The summed E-state index contributed by atoms with van der Waals surface area (Å²) in [5, 5.41) is 0. The predicted octanol–water partition coefficient (Wildman–Crippen LogP) is 4.56. The Bertz CT molecular complexity index is 1150. The smallest absolute Gasteiger partial charge is 0.244 e. The van der Waals surface area contributed by atoms with E-state index in [0.29, 0.717) is 23.2 Å². The monoisotopic (exact) mass is 453 g/mol. The van der Waals surface area contributed by atoms with Crippen LogP contribution >= 0.6 is 0 Å². The fraction of sp³-hybridized carbons (Fsp3) is 0.333. The third-order valence-corrected chi connectivity index (χ3v) is 7.05. The number of anilines is 1. The maximum absolute atomic E-state index is 14.7. The Labute approximate surface area is 189 Å². The molecule has 1 fully saturated rings. The molecule has 0 radical (unpaired) electrons. The standard InChI is InChI=1S/C24H24FN3O3S/c1-2-16-13-26-24(27-14-16)28-9-7-17(8-10-28)15-30-21-5-3-18(11-20(21)25)19-4-6-23-22(12-19)31-32(23)29/h3-6,11-14,17H,2,7-10,15H2,1H3. The summed E-state index contributed by atoms with van der Waals surface area (Å²) in [6.45, 7) is 4.31. The third kappa shape index (κ3) is 4.19. The Morgan fingerprint density at radius 2 is 1.84 bits per heavy atom. The highest BCUT2D eigenvalue weighted by atomic mass is 32.2. The van der Waals surface area contributed by atoms with Crippen LogP contribution in [0.25, 0.3) is 11.1 Å². The van der Waals surface area contributed by atoms with Gasteiger partial charge in [-0.3, -0.25) is 0 Å². The van der Waals surface area contributed by atoms with E-state index in [1.54, 1.807) is 18.2 Å². The van der Waals surface area contributed by atoms with Crippen LogP contribution in [0.15, 0.2) is 53.7 Å². The minimum Gasteiger partial charge on any atom is -0.490 e. The van der Waals surface area contributed by atoms with Crippen molar-refractivity contribution in [3.05, 3.63) is 60.2 Å². The highest BCUT2D eigenvalue weighted by Gasteiger charge is 2.25. The van der Waals surface area contributed by atoms with Crippen LogP contribution in [0.4, 0.5) is 10.3 Å². The Hall–Kier alpha value is -3.00. The van der Waals surface area contributed by atoms with Gasteiger partial charge in [0, 0.05) is 25.5 Å². The van der Waals surface area contributed by atoms with E-state index in [-0.39, 0.29) is 5.75 Å². The normalized spacial score (nSPS) is 17.9. The summed E-state index contributed by atoms with van der Waals surface area (Å²) in [5.41, 5.74) is 2.67. The molecule has 0 spiro atoms. The highest BCUT2D eigenvalue weighted by Crippen LogP contribution is 2.37. The van der Waals surface area contributed by atoms with Crippen LogP contribution in [0.5, 0.6) is 11.5 Å². The molecule has 0 amide bonds. The Morgan fingerprint density at radius 3 is 2.50 bits per heavy atom. The first kappa shape index (κ1) is 20.9. The van der Waals surface area contributed by atoms with Crippen LogP contribution in [0.3, 0.4) is 0 Å². The lowest BCUT2D eigenvalue weighted by Crippen LogP contribution is -2.36. The zero-order valence-electron chi connectivity index (χ0n) is 17.8. The fourth-order valence-electron chi connectivity index (χ4n) is 3.98. The molecule has 2 aliphatic heterocycles. The Balaban J connectivity index is 1.16. The van der Waals surface area contributed by atoms with Crippen LogP contribution < -0.4 is 13.8 Å². The zero-order chi connectivity index (χ0) is 22.1. The van der Waals surface area contributed by atoms with Crippen molar-refractivity contribution in [3.63, 3.8) is 0 Å². The van der Waals surface area contributed by atoms with Crippen molar-refractivity contribution < 1.29 is 17.5 Å². The van der Waals surface area contributed by atoms with Crippen molar-refractivity contribution >= 4 is 17.0 Å². The number of nitrogens with zero attached hydrogens (tertiary/aromatic N) is 3. The maximum Gasteiger partial charge on any atom is 0.244 e. The average Bonchev–Trinajstić information content (AvgIpc) is 2.83. The predicted molar refractivity (Wildman–Crippen MR) is 121 cm³/mol. The first-order valence-corrected chi connectivity index (χ1v) is 11.9. The van der Waals surface area contributed by atoms with Crippen molar-refractivity contribution in [2.75, 3.05) is 24.6 Å². The van der Waals surface area contributed by atoms with Gasteiger partial charge in [0.05, 0.1) is 6.61 Å². The second kappa shape index (κ2) is 8.86. The van der Waals surface area contributed by atoms with Gasteiger partial charge in [-0.05, 0) is 66.1 Å². The van der Waals surface area contributed by atoms with E-state index < -0.39 is 16.9 Å². The zero-order valence-corrected chi connectivity index (χ0v) is 18.6. The van der Waals surface area contributed by atoms with Gasteiger partial charge in [-0.15, -0.1) is 0 Å². The summed E-state index contributed by atoms with van der Waals surface area (Å²) in [6.07, 6.45) is 6.61. The molecule has 6 nitrogen and oxygen atoms in total. The van der Waals surface area contributed by atoms with Crippen LogP contribution in [-0.4, -0.2) is 33.9 Å². The number of benzene rings is 2. The van der Waals surface area contributed by atoms with Crippen molar-refractivity contribution in [2.45, 2.75) is 31.1 Å². The lowest BCUT2D eigenvalue weighted by molar-refractivity contribution is 0.215. The largest absolute Gasteiger partial charge is 0.490 e. The van der Waals surface area contributed by atoms with Gasteiger partial charge >= 0.3 is 0 Å². The number of aryl methyl sites for hydroxylation is 1. The van der Waals surface area contributed by atoms with E-state index in [4.69, 9.17) is 8.92 Å². The molecule has 0 N–H and O–H groups in total. The number of aromatic nitrogens is 2. The van der Waals surface area contributed by atoms with Gasteiger partial charge < -0.3 is 13.8 Å². The quantitative estimate of drug-likeness (QED) is 0.545. The topological polar surface area (TPSA) is 64.6 Å². The minimum atomic E-state index is -1.36. The van der Waals surface area contributed by atoms with Gasteiger partial charge in [0.2, 0.25) is 17.0 Å². The van der Waals surface area contributed by atoms with Gasteiger partial charge in [0.1, 0.15) is 4.90 Å². The van der Waals surface area contributed by atoms with Crippen molar-refractivity contribution in [1.29, 1.82) is 0 Å². The second-order valence-corrected chi connectivity index (χ2v) is 9.19. The van der Waals surface area contributed by atoms with Crippen molar-refractivity contribution in [1.82, 2.24) is 9.97 Å². The fourth-order valence-corrected chi connectivity index (χ4v) is 4.70. The molecule has 3 heterocycles. The van der Waals surface area contributed by atoms with E-state index in [0.717, 1.165) is 55.0 Å². The van der Waals surface area contributed by atoms with E-state index in [1.165, 1.54) is 6.07 Å². The molecule has 3 aromatic rings. The molecule has 8 heteroatoms. The molecule has 2 aliphatic rings. The highest BCUT2D eigenvalue weighted by molar-refractivity contribution is 7.82. The molecule has 0 bridgehead atoms. The molecule has 0 saturated carbocycles. The van der Waals surface area contributed by atoms with E-state index >= 15 is 0 Å². The molecular weight excluding hydrogens is 429 g/mol. The summed E-state index contributed by atoms with van der Waals surface area (Å²) in [7, 11) is 0. The van der Waals surface area contributed by atoms with Gasteiger partial charge in [0.15, 0.2) is 17.3 Å². The summed E-state index contributed by atoms with van der Waals surface area (Å²) < 4.78 is 37.0. The number of rotatable bonds is 6.